The summed E-state index contributed by atoms with van der Waals surface area (Å²) in [6.07, 6.45) is 0. The maximum atomic E-state index is 12.8. The van der Waals surface area contributed by atoms with Crippen LogP contribution in [-0.4, -0.2) is 19.2 Å². The van der Waals surface area contributed by atoms with Gasteiger partial charge in [0.2, 0.25) is 5.88 Å². The lowest BCUT2D eigenvalue weighted by atomic mass is 9.83. The molecule has 1 heterocycles. The zero-order valence-electron chi connectivity index (χ0n) is 19.5. The van der Waals surface area contributed by atoms with Crippen molar-refractivity contribution in [3.8, 4) is 29.1 Å². The van der Waals surface area contributed by atoms with Crippen LogP contribution in [0.3, 0.4) is 0 Å². The fourth-order valence-corrected chi connectivity index (χ4v) is 4.51. The first kappa shape index (κ1) is 25.2. The topological polar surface area (TPSA) is 104 Å². The molecule has 0 fully saturated rings. The van der Waals surface area contributed by atoms with Gasteiger partial charge < -0.3 is 24.7 Å². The van der Waals surface area contributed by atoms with E-state index < -0.39 is 11.9 Å². The number of ether oxygens (including phenoxy) is 4. The van der Waals surface area contributed by atoms with Crippen LogP contribution in [0, 0.1) is 11.3 Å². The normalized spacial score (nSPS) is 14.4. The summed E-state index contributed by atoms with van der Waals surface area (Å²) in [7, 11) is 0. The van der Waals surface area contributed by atoms with E-state index in [4.69, 9.17) is 47.9 Å². The highest BCUT2D eigenvalue weighted by Crippen LogP contribution is 2.44. The summed E-state index contributed by atoms with van der Waals surface area (Å²) in [6, 6.07) is 17.4. The van der Waals surface area contributed by atoms with Crippen molar-refractivity contribution in [1.29, 1.82) is 5.26 Å². The van der Waals surface area contributed by atoms with Crippen LogP contribution in [0.1, 0.15) is 41.3 Å². The Morgan fingerprint density at radius 2 is 1.75 bits per heavy atom. The number of fused-ring (bicyclic) bond motifs is 1. The average molecular weight is 525 g/mol. The van der Waals surface area contributed by atoms with E-state index in [1.165, 1.54) is 12.1 Å². The van der Waals surface area contributed by atoms with E-state index >= 15 is 0 Å². The number of hydrogen-bond donors (Lipinski definition) is 1. The number of carbonyl (C=O) groups is 1. The van der Waals surface area contributed by atoms with Gasteiger partial charge in [-0.25, -0.2) is 4.79 Å². The molecule has 0 radical (unpaired) electrons. The molecule has 0 bridgehead atoms. The van der Waals surface area contributed by atoms with Crippen molar-refractivity contribution >= 4 is 29.2 Å². The number of nitrogens with zero attached hydrogens (tertiary/aromatic N) is 1. The summed E-state index contributed by atoms with van der Waals surface area (Å²) < 4.78 is 22.3. The molecule has 1 unspecified atom stereocenters. The summed E-state index contributed by atoms with van der Waals surface area (Å²) in [6.45, 7) is 4.58. The second kappa shape index (κ2) is 10.8. The van der Waals surface area contributed by atoms with E-state index in [0.717, 1.165) is 5.56 Å². The van der Waals surface area contributed by atoms with E-state index in [1.54, 1.807) is 25.1 Å². The van der Waals surface area contributed by atoms with Crippen LogP contribution < -0.4 is 24.7 Å². The monoisotopic (exact) mass is 524 g/mol. The molecule has 7 nitrogen and oxygen atoms in total. The highest BCUT2D eigenvalue weighted by molar-refractivity contribution is 6.37. The predicted octanol–water partition coefficient (Wildman–Crippen LogP) is 6.23. The predicted molar refractivity (Wildman–Crippen MR) is 136 cm³/mol. The molecule has 9 heteroatoms. The van der Waals surface area contributed by atoms with Gasteiger partial charge in [0.15, 0.2) is 5.75 Å². The van der Waals surface area contributed by atoms with Gasteiger partial charge in [0.05, 0.1) is 34.7 Å². The standard InChI is InChI=1S/C27H22Cl2N2O5/c1-3-33-17-7-5-6-15(10-17)24-19-9-8-18(13-23(19)36-26(31)20(24)14-30)35-27(32)16-11-21(28)25(34-4-2)22(29)12-16/h5-13,24H,3-4,31H2,1-2H3. The maximum Gasteiger partial charge on any atom is 0.343 e. The lowest BCUT2D eigenvalue weighted by molar-refractivity contribution is 0.0734. The number of hydrogen-bond acceptors (Lipinski definition) is 7. The van der Waals surface area contributed by atoms with E-state index in [2.05, 4.69) is 6.07 Å². The van der Waals surface area contributed by atoms with E-state index in [1.807, 2.05) is 31.2 Å². The number of esters is 1. The Bertz CT molecular complexity index is 1370. The number of rotatable bonds is 7. The van der Waals surface area contributed by atoms with E-state index in [9.17, 15) is 10.1 Å². The van der Waals surface area contributed by atoms with Crippen LogP contribution in [-0.2, 0) is 0 Å². The minimum atomic E-state index is -0.667. The van der Waals surface area contributed by atoms with Crippen molar-refractivity contribution in [2.45, 2.75) is 19.8 Å². The van der Waals surface area contributed by atoms with E-state index in [0.29, 0.717) is 36.0 Å². The van der Waals surface area contributed by atoms with Crippen LogP contribution in [0.2, 0.25) is 10.0 Å². The molecule has 1 aliphatic rings. The van der Waals surface area contributed by atoms with Crippen molar-refractivity contribution < 1.29 is 23.7 Å². The second-order valence-electron chi connectivity index (χ2n) is 7.72. The third kappa shape index (κ3) is 5.06. The maximum absolute atomic E-state index is 12.8. The minimum Gasteiger partial charge on any atom is -0.494 e. The van der Waals surface area contributed by atoms with Gasteiger partial charge in [-0.3, -0.25) is 0 Å². The fourth-order valence-electron chi connectivity index (χ4n) is 3.92. The first-order valence-electron chi connectivity index (χ1n) is 11.1. The largest absolute Gasteiger partial charge is 0.494 e. The fraction of sp³-hybridized carbons (Fsp3) is 0.185. The van der Waals surface area contributed by atoms with Gasteiger partial charge in [0.1, 0.15) is 28.9 Å². The first-order valence-corrected chi connectivity index (χ1v) is 11.9. The van der Waals surface area contributed by atoms with Gasteiger partial charge in [0.25, 0.3) is 0 Å². The molecule has 2 N–H and O–H groups in total. The molecule has 0 spiro atoms. The molecule has 3 aromatic rings. The zero-order valence-corrected chi connectivity index (χ0v) is 21.0. The highest BCUT2D eigenvalue weighted by atomic mass is 35.5. The lowest BCUT2D eigenvalue weighted by Gasteiger charge is -2.27. The average Bonchev–Trinajstić information content (AvgIpc) is 2.85. The number of carbonyl (C=O) groups excluding carboxylic acids is 1. The highest BCUT2D eigenvalue weighted by Gasteiger charge is 2.31. The Morgan fingerprint density at radius 3 is 2.42 bits per heavy atom. The molecule has 0 saturated heterocycles. The van der Waals surface area contributed by atoms with Crippen molar-refractivity contribution in [3.05, 3.63) is 92.8 Å². The quantitative estimate of drug-likeness (QED) is 0.288. The molecule has 36 heavy (non-hydrogen) atoms. The molecule has 0 amide bonds. The van der Waals surface area contributed by atoms with Gasteiger partial charge in [-0.1, -0.05) is 41.4 Å². The van der Waals surface area contributed by atoms with Gasteiger partial charge in [-0.15, -0.1) is 0 Å². The van der Waals surface area contributed by atoms with Crippen molar-refractivity contribution in [2.24, 2.45) is 5.73 Å². The molecule has 1 atom stereocenters. The molecule has 4 rings (SSSR count). The lowest BCUT2D eigenvalue weighted by Crippen LogP contribution is -2.21. The summed E-state index contributed by atoms with van der Waals surface area (Å²) >= 11 is 12.4. The van der Waals surface area contributed by atoms with Gasteiger partial charge in [-0.2, -0.15) is 5.26 Å². The van der Waals surface area contributed by atoms with Crippen LogP contribution in [0.25, 0.3) is 0 Å². The molecular weight excluding hydrogens is 503 g/mol. The minimum absolute atomic E-state index is 0.0228. The SMILES string of the molecule is CCOc1cccc(C2C(C#N)=C(N)Oc3cc(OC(=O)c4cc(Cl)c(OCC)c(Cl)c4)ccc32)c1. The Morgan fingerprint density at radius 1 is 1.03 bits per heavy atom. The molecule has 3 aromatic carbocycles. The van der Waals surface area contributed by atoms with Gasteiger partial charge in [-0.05, 0) is 49.7 Å². The second-order valence-corrected chi connectivity index (χ2v) is 8.54. The van der Waals surface area contributed by atoms with Crippen molar-refractivity contribution in [3.63, 3.8) is 0 Å². The third-order valence-corrected chi connectivity index (χ3v) is 5.99. The Balaban J connectivity index is 1.65. The number of halogens is 2. The molecule has 184 valence electrons. The summed E-state index contributed by atoms with van der Waals surface area (Å²) in [4.78, 5) is 12.8. The number of benzene rings is 3. The van der Waals surface area contributed by atoms with Crippen LogP contribution in [0.15, 0.2) is 66.1 Å². The number of allylic oxidation sites excluding steroid dienone is 1. The van der Waals surface area contributed by atoms with Gasteiger partial charge in [0, 0.05) is 11.6 Å². The summed E-state index contributed by atoms with van der Waals surface area (Å²) in [5.74, 6) is 0.394. The van der Waals surface area contributed by atoms with Crippen LogP contribution in [0.5, 0.6) is 23.0 Å². The first-order chi connectivity index (χ1) is 17.4. The summed E-state index contributed by atoms with van der Waals surface area (Å²) in [5.41, 5.74) is 8.04. The Hall–Kier alpha value is -3.86. The Labute approximate surface area is 218 Å². The summed E-state index contributed by atoms with van der Waals surface area (Å²) in [5, 5.41) is 10.2. The smallest absolute Gasteiger partial charge is 0.343 e. The number of nitrogens with two attached hydrogens (primary N) is 1. The Kier molecular flexibility index (Phi) is 7.58. The molecule has 0 saturated carbocycles. The molecule has 0 aliphatic carbocycles. The third-order valence-electron chi connectivity index (χ3n) is 5.43. The van der Waals surface area contributed by atoms with Gasteiger partial charge >= 0.3 is 5.97 Å². The van der Waals surface area contributed by atoms with Crippen LogP contribution in [0.4, 0.5) is 0 Å². The van der Waals surface area contributed by atoms with Crippen molar-refractivity contribution in [2.75, 3.05) is 13.2 Å². The molecule has 1 aliphatic heterocycles. The molecule has 0 aromatic heterocycles. The van der Waals surface area contributed by atoms with Crippen LogP contribution >= 0.6 is 23.2 Å². The van der Waals surface area contributed by atoms with Crippen molar-refractivity contribution in [1.82, 2.24) is 0 Å². The van der Waals surface area contributed by atoms with E-state index in [-0.39, 0.29) is 32.8 Å². The molecular formula is C27H22Cl2N2O5. The number of nitriles is 1. The zero-order chi connectivity index (χ0) is 25.8.